The van der Waals surface area contributed by atoms with Crippen molar-refractivity contribution in [2.24, 2.45) is 4.99 Å². The zero-order valence-electron chi connectivity index (χ0n) is 6.51. The van der Waals surface area contributed by atoms with E-state index in [1.165, 1.54) is 31.5 Å². The molecule has 0 saturated carbocycles. The van der Waals surface area contributed by atoms with Crippen molar-refractivity contribution in [1.29, 1.82) is 0 Å². The Balaban J connectivity index is 2.06. The van der Waals surface area contributed by atoms with Gasteiger partial charge in [-0.05, 0) is 26.2 Å². The van der Waals surface area contributed by atoms with Gasteiger partial charge < -0.3 is 0 Å². The first-order chi connectivity index (χ1) is 4.86. The van der Waals surface area contributed by atoms with Crippen molar-refractivity contribution in [2.45, 2.75) is 32.4 Å². The first-order valence-corrected chi connectivity index (χ1v) is 4.13. The van der Waals surface area contributed by atoms with E-state index in [1.54, 1.807) is 0 Å². The standard InChI is InChI=1S/C8H14N2/c1-7-6-10-5-3-2-4-8(10)9-7/h8H,2-6H2,1H3. The van der Waals surface area contributed by atoms with E-state index < -0.39 is 0 Å². The van der Waals surface area contributed by atoms with Gasteiger partial charge in [-0.3, -0.25) is 9.89 Å². The average molecular weight is 138 g/mol. The molecule has 0 aromatic rings. The molecule has 2 heteroatoms. The van der Waals surface area contributed by atoms with Crippen molar-refractivity contribution in [3.63, 3.8) is 0 Å². The molecule has 2 nitrogen and oxygen atoms in total. The Morgan fingerprint density at radius 2 is 2.40 bits per heavy atom. The Morgan fingerprint density at radius 1 is 1.50 bits per heavy atom. The molecule has 10 heavy (non-hydrogen) atoms. The van der Waals surface area contributed by atoms with Crippen molar-refractivity contribution in [2.75, 3.05) is 13.1 Å². The Bertz CT molecular complexity index is 163. The van der Waals surface area contributed by atoms with Gasteiger partial charge in [0.2, 0.25) is 0 Å². The minimum atomic E-state index is 0.564. The Morgan fingerprint density at radius 3 is 3.20 bits per heavy atom. The molecule has 2 aliphatic rings. The maximum absolute atomic E-state index is 4.55. The van der Waals surface area contributed by atoms with Gasteiger partial charge in [0.1, 0.15) is 6.17 Å². The average Bonchev–Trinajstić information content (AvgIpc) is 2.27. The van der Waals surface area contributed by atoms with E-state index in [2.05, 4.69) is 16.8 Å². The van der Waals surface area contributed by atoms with E-state index in [0.717, 1.165) is 6.54 Å². The second-order valence-electron chi connectivity index (χ2n) is 3.31. The summed E-state index contributed by atoms with van der Waals surface area (Å²) in [7, 11) is 0. The van der Waals surface area contributed by atoms with Gasteiger partial charge >= 0.3 is 0 Å². The van der Waals surface area contributed by atoms with Crippen molar-refractivity contribution in [1.82, 2.24) is 4.90 Å². The Labute approximate surface area is 61.9 Å². The fraction of sp³-hybridized carbons (Fsp3) is 0.875. The van der Waals surface area contributed by atoms with E-state index in [0.29, 0.717) is 6.17 Å². The third-order valence-electron chi connectivity index (χ3n) is 2.38. The number of piperidine rings is 1. The first-order valence-electron chi connectivity index (χ1n) is 4.13. The van der Waals surface area contributed by atoms with Crippen LogP contribution in [0.15, 0.2) is 4.99 Å². The Hall–Kier alpha value is -0.370. The van der Waals surface area contributed by atoms with Crippen LogP contribution in [0.4, 0.5) is 0 Å². The third-order valence-corrected chi connectivity index (χ3v) is 2.38. The summed E-state index contributed by atoms with van der Waals surface area (Å²) < 4.78 is 0. The molecule has 0 aromatic heterocycles. The molecule has 0 amide bonds. The summed E-state index contributed by atoms with van der Waals surface area (Å²) in [5.74, 6) is 0. The topological polar surface area (TPSA) is 15.6 Å². The summed E-state index contributed by atoms with van der Waals surface area (Å²) >= 11 is 0. The van der Waals surface area contributed by atoms with Crippen LogP contribution in [0.3, 0.4) is 0 Å². The fourth-order valence-corrected chi connectivity index (χ4v) is 1.89. The minimum Gasteiger partial charge on any atom is -0.276 e. The smallest absolute Gasteiger partial charge is 0.102 e. The van der Waals surface area contributed by atoms with Crippen LogP contribution in [0, 0.1) is 0 Å². The SMILES string of the molecule is CC1=NC2CCCCN2C1. The third kappa shape index (κ3) is 0.966. The lowest BCUT2D eigenvalue weighted by molar-refractivity contribution is 0.194. The number of hydrogen-bond donors (Lipinski definition) is 0. The van der Waals surface area contributed by atoms with Gasteiger partial charge in [0.05, 0.1) is 0 Å². The predicted molar refractivity (Wildman–Crippen MR) is 42.3 cm³/mol. The van der Waals surface area contributed by atoms with Crippen molar-refractivity contribution >= 4 is 5.71 Å². The lowest BCUT2D eigenvalue weighted by Crippen LogP contribution is -2.35. The summed E-state index contributed by atoms with van der Waals surface area (Å²) in [6, 6.07) is 0. The lowest BCUT2D eigenvalue weighted by atomic mass is 10.1. The number of nitrogens with zero attached hydrogens (tertiary/aromatic N) is 2. The molecule has 0 spiro atoms. The highest BCUT2D eigenvalue weighted by atomic mass is 15.3. The summed E-state index contributed by atoms with van der Waals surface area (Å²) in [4.78, 5) is 7.04. The molecule has 0 radical (unpaired) electrons. The number of aliphatic imine (C=N–C) groups is 1. The highest BCUT2D eigenvalue weighted by Gasteiger charge is 2.26. The quantitative estimate of drug-likeness (QED) is 0.492. The molecule has 2 aliphatic heterocycles. The van der Waals surface area contributed by atoms with Gasteiger partial charge in [0, 0.05) is 18.8 Å². The highest BCUT2D eigenvalue weighted by Crippen LogP contribution is 2.21. The molecule has 1 atom stereocenters. The molecule has 2 rings (SSSR count). The van der Waals surface area contributed by atoms with E-state index in [-0.39, 0.29) is 0 Å². The van der Waals surface area contributed by atoms with Crippen LogP contribution >= 0.6 is 0 Å². The van der Waals surface area contributed by atoms with Gasteiger partial charge in [-0.1, -0.05) is 0 Å². The van der Waals surface area contributed by atoms with Crippen molar-refractivity contribution < 1.29 is 0 Å². The molecule has 0 N–H and O–H groups in total. The monoisotopic (exact) mass is 138 g/mol. The summed E-state index contributed by atoms with van der Waals surface area (Å²) in [5.41, 5.74) is 1.33. The Kier molecular flexibility index (Phi) is 1.49. The van der Waals surface area contributed by atoms with Gasteiger partial charge in [-0.2, -0.15) is 0 Å². The number of rotatable bonds is 0. The van der Waals surface area contributed by atoms with E-state index >= 15 is 0 Å². The maximum atomic E-state index is 4.55. The minimum absolute atomic E-state index is 0.564. The summed E-state index contributed by atoms with van der Waals surface area (Å²) in [6.45, 7) is 4.54. The predicted octanol–water partition coefficient (Wildman–Crippen LogP) is 1.27. The van der Waals surface area contributed by atoms with E-state index in [4.69, 9.17) is 0 Å². The van der Waals surface area contributed by atoms with Crippen LogP contribution in [0.25, 0.3) is 0 Å². The summed E-state index contributed by atoms with van der Waals surface area (Å²) in [5, 5.41) is 0. The molecular weight excluding hydrogens is 124 g/mol. The molecule has 56 valence electrons. The fourth-order valence-electron chi connectivity index (χ4n) is 1.89. The zero-order chi connectivity index (χ0) is 6.97. The van der Waals surface area contributed by atoms with Crippen LogP contribution in [0.2, 0.25) is 0 Å². The van der Waals surface area contributed by atoms with Gasteiger partial charge in [0.15, 0.2) is 0 Å². The molecule has 1 unspecified atom stereocenters. The number of fused-ring (bicyclic) bond motifs is 1. The molecule has 0 aromatic carbocycles. The maximum Gasteiger partial charge on any atom is 0.102 e. The van der Waals surface area contributed by atoms with E-state index in [1.807, 2.05) is 0 Å². The zero-order valence-corrected chi connectivity index (χ0v) is 6.51. The van der Waals surface area contributed by atoms with Crippen LogP contribution in [0.5, 0.6) is 0 Å². The second-order valence-corrected chi connectivity index (χ2v) is 3.31. The number of hydrogen-bond acceptors (Lipinski definition) is 2. The van der Waals surface area contributed by atoms with Crippen molar-refractivity contribution in [3.05, 3.63) is 0 Å². The highest BCUT2D eigenvalue weighted by molar-refractivity contribution is 5.85. The van der Waals surface area contributed by atoms with E-state index in [9.17, 15) is 0 Å². The second kappa shape index (κ2) is 2.35. The van der Waals surface area contributed by atoms with Gasteiger partial charge in [0.25, 0.3) is 0 Å². The molecule has 0 bridgehead atoms. The first kappa shape index (κ1) is 6.35. The summed E-state index contributed by atoms with van der Waals surface area (Å²) in [6.07, 6.45) is 4.60. The van der Waals surface area contributed by atoms with Gasteiger partial charge in [-0.25, -0.2) is 0 Å². The van der Waals surface area contributed by atoms with Crippen LogP contribution < -0.4 is 0 Å². The largest absolute Gasteiger partial charge is 0.276 e. The molecule has 1 fully saturated rings. The molecular formula is C8H14N2. The lowest BCUT2D eigenvalue weighted by Gasteiger charge is -2.27. The van der Waals surface area contributed by atoms with Crippen LogP contribution in [0.1, 0.15) is 26.2 Å². The normalized spacial score (nSPS) is 33.7. The molecule has 0 aliphatic carbocycles. The van der Waals surface area contributed by atoms with Crippen LogP contribution in [-0.4, -0.2) is 29.9 Å². The van der Waals surface area contributed by atoms with Gasteiger partial charge in [-0.15, -0.1) is 0 Å². The van der Waals surface area contributed by atoms with Crippen molar-refractivity contribution in [3.8, 4) is 0 Å². The molecule has 1 saturated heterocycles. The van der Waals surface area contributed by atoms with Crippen LogP contribution in [-0.2, 0) is 0 Å². The molecule has 2 heterocycles.